The van der Waals surface area contributed by atoms with E-state index in [0.29, 0.717) is 3.57 Å². The first-order valence-electron chi connectivity index (χ1n) is 9.18. The van der Waals surface area contributed by atoms with Crippen LogP contribution in [0.4, 0.5) is 10.2 Å². The Morgan fingerprint density at radius 1 is 1.40 bits per heavy atom. The molecule has 2 unspecified atom stereocenters. The smallest absolute Gasteiger partial charge is 0.361 e. The highest BCUT2D eigenvalue weighted by molar-refractivity contribution is 14.1. The van der Waals surface area contributed by atoms with Crippen LogP contribution in [-0.2, 0) is 13.8 Å². The number of nitrogens with two attached hydrogens (primary N) is 1. The van der Waals surface area contributed by atoms with Gasteiger partial charge in [0.1, 0.15) is 18.0 Å². The Morgan fingerprint density at radius 2 is 2.00 bits per heavy atom. The van der Waals surface area contributed by atoms with Crippen LogP contribution in [-0.4, -0.2) is 59.3 Å². The number of halogens is 2. The minimum atomic E-state index is -4.82. The van der Waals surface area contributed by atoms with Gasteiger partial charge in [-0.2, -0.15) is 4.98 Å². The lowest BCUT2D eigenvalue weighted by Gasteiger charge is -2.34. The molecule has 172 valence electrons. The molecule has 1 fully saturated rings. The molecule has 1 aromatic rings. The maximum Gasteiger partial charge on any atom is 0.361 e. The van der Waals surface area contributed by atoms with Crippen molar-refractivity contribution in [1.82, 2.24) is 9.55 Å². The molecule has 0 saturated carbocycles. The summed E-state index contributed by atoms with van der Waals surface area (Å²) in [5.74, 6) is -2.78. The van der Waals surface area contributed by atoms with Crippen LogP contribution in [0.3, 0.4) is 0 Å². The summed E-state index contributed by atoms with van der Waals surface area (Å²) in [7, 11) is -4.82. The number of hydrogen-bond acceptors (Lipinski definition) is 9. The molecule has 2 heterocycles. The highest BCUT2D eigenvalue weighted by Gasteiger charge is 2.52. The van der Waals surface area contributed by atoms with Gasteiger partial charge in [-0.25, -0.2) is 9.18 Å². The van der Waals surface area contributed by atoms with Gasteiger partial charge in [0, 0.05) is 19.0 Å². The van der Waals surface area contributed by atoms with Crippen LogP contribution in [0.5, 0.6) is 0 Å². The van der Waals surface area contributed by atoms with Gasteiger partial charge < -0.3 is 30.7 Å². The first-order chi connectivity index (χ1) is 13.7. The van der Waals surface area contributed by atoms with Gasteiger partial charge >= 0.3 is 13.3 Å². The van der Waals surface area contributed by atoms with Gasteiger partial charge in [0.2, 0.25) is 5.85 Å². The zero-order valence-electron chi connectivity index (χ0n) is 16.6. The molecular weight excluding hydrogens is 539 g/mol. The molecule has 0 radical (unpaired) electrons. The van der Waals surface area contributed by atoms with Crippen LogP contribution < -0.4 is 11.4 Å². The van der Waals surface area contributed by atoms with Crippen molar-refractivity contribution in [2.24, 2.45) is 0 Å². The van der Waals surface area contributed by atoms with Crippen LogP contribution in [0.25, 0.3) is 0 Å². The van der Waals surface area contributed by atoms with E-state index in [1.807, 2.05) is 22.6 Å². The number of alkyl halides is 1. The van der Waals surface area contributed by atoms with Crippen molar-refractivity contribution in [3.8, 4) is 0 Å². The highest BCUT2D eigenvalue weighted by atomic mass is 127. The minimum absolute atomic E-state index is 0.0229. The molecule has 0 bridgehead atoms. The van der Waals surface area contributed by atoms with Crippen LogP contribution in [0.1, 0.15) is 46.3 Å². The normalized spacial score (nSPS) is 30.4. The van der Waals surface area contributed by atoms with Crippen molar-refractivity contribution in [3.63, 3.8) is 0 Å². The lowest BCUT2D eigenvalue weighted by atomic mass is 10.0. The van der Waals surface area contributed by atoms with Crippen molar-refractivity contribution < 1.29 is 38.4 Å². The van der Waals surface area contributed by atoms with Gasteiger partial charge in [-0.05, 0) is 35.9 Å². The molecule has 0 aromatic carbocycles. The zero-order valence-corrected chi connectivity index (χ0v) is 19.7. The van der Waals surface area contributed by atoms with E-state index in [1.54, 1.807) is 0 Å². The number of anilines is 1. The molecule has 1 aromatic heterocycles. The van der Waals surface area contributed by atoms with E-state index in [4.69, 9.17) is 15.0 Å². The van der Waals surface area contributed by atoms with Crippen molar-refractivity contribution in [2.45, 2.75) is 75.8 Å². The van der Waals surface area contributed by atoms with Gasteiger partial charge in [0.05, 0.1) is 9.67 Å². The third kappa shape index (κ3) is 5.04. The fourth-order valence-electron chi connectivity index (χ4n) is 2.83. The quantitative estimate of drug-likeness (QED) is 0.224. The standard InChI is InChI=1S/C16H26FIN3O8P/c1-4-15(3,25)30(26,27)29-16(17,5-2)6-9-10(22)11(23)13(28-9)21-7-8(18)12(19)20-14(21)24/h7,9-11,13,22-23,25H,4-6H2,1-3H3,(H,26,27)(H2,19,20,24)/t9-,10-,11-,13-,15?,16-/m1/s1. The van der Waals surface area contributed by atoms with Crippen LogP contribution in [0.2, 0.25) is 0 Å². The molecule has 1 aliphatic heterocycles. The highest BCUT2D eigenvalue weighted by Crippen LogP contribution is 2.59. The number of nitrogen functional groups attached to an aromatic ring is 1. The average molecular weight is 565 g/mol. The molecular formula is C16H26FIN3O8P. The summed E-state index contributed by atoms with van der Waals surface area (Å²) in [5, 5.41) is 28.5. The molecule has 1 aliphatic rings. The summed E-state index contributed by atoms with van der Waals surface area (Å²) in [6.07, 6.45) is -6.07. The second kappa shape index (κ2) is 9.06. The molecule has 14 heteroatoms. The fraction of sp³-hybridized carbons (Fsp3) is 0.750. The van der Waals surface area contributed by atoms with E-state index < -0.39 is 61.9 Å². The summed E-state index contributed by atoms with van der Waals surface area (Å²) in [4.78, 5) is 25.7. The number of aromatic nitrogens is 2. The van der Waals surface area contributed by atoms with E-state index in [2.05, 4.69) is 4.98 Å². The number of aliphatic hydroxyl groups excluding tert-OH is 2. The van der Waals surface area contributed by atoms with Gasteiger partial charge in [-0.3, -0.25) is 13.7 Å². The lowest BCUT2D eigenvalue weighted by molar-refractivity contribution is -0.133. The first kappa shape index (κ1) is 25.6. The van der Waals surface area contributed by atoms with Crippen LogP contribution in [0.15, 0.2) is 11.0 Å². The summed E-state index contributed by atoms with van der Waals surface area (Å²) in [6, 6.07) is 0. The Labute approximate surface area is 185 Å². The van der Waals surface area contributed by atoms with Crippen molar-refractivity contribution in [1.29, 1.82) is 0 Å². The Hall–Kier alpha value is -0.670. The fourth-order valence-corrected chi connectivity index (χ4v) is 4.50. The molecule has 1 saturated heterocycles. The summed E-state index contributed by atoms with van der Waals surface area (Å²) in [5.41, 5.74) is 4.72. The molecule has 0 aliphatic carbocycles. The Morgan fingerprint density at radius 3 is 2.53 bits per heavy atom. The maximum absolute atomic E-state index is 15.3. The Kier molecular flexibility index (Phi) is 7.73. The number of rotatable bonds is 8. The van der Waals surface area contributed by atoms with Crippen LogP contribution >= 0.6 is 30.2 Å². The maximum atomic E-state index is 15.3. The van der Waals surface area contributed by atoms with E-state index in [1.165, 1.54) is 20.0 Å². The van der Waals surface area contributed by atoms with Gasteiger partial charge in [0.25, 0.3) is 0 Å². The first-order valence-corrected chi connectivity index (χ1v) is 11.8. The zero-order chi connectivity index (χ0) is 23.1. The van der Waals surface area contributed by atoms with E-state index in [-0.39, 0.29) is 12.2 Å². The van der Waals surface area contributed by atoms with E-state index in [9.17, 15) is 29.6 Å². The number of nitrogens with zero attached hydrogens (tertiary/aromatic N) is 2. The summed E-state index contributed by atoms with van der Waals surface area (Å²) >= 11 is 1.82. The van der Waals surface area contributed by atoms with Gasteiger partial charge in [-0.1, -0.05) is 13.8 Å². The molecule has 30 heavy (non-hydrogen) atoms. The number of aliphatic hydroxyl groups is 3. The molecule has 0 spiro atoms. The van der Waals surface area contributed by atoms with E-state index in [0.717, 1.165) is 11.5 Å². The third-order valence-corrected chi connectivity index (χ3v) is 8.08. The molecule has 2 rings (SSSR count). The summed E-state index contributed by atoms with van der Waals surface area (Å²) in [6.45, 7) is 3.82. The molecule has 11 nitrogen and oxygen atoms in total. The van der Waals surface area contributed by atoms with E-state index >= 15 is 4.39 Å². The van der Waals surface area contributed by atoms with Crippen molar-refractivity contribution >= 4 is 36.0 Å². The SMILES string of the molecule is CCC(C)(O)P(=O)(O)O[C@](F)(CC)C[C@H]1O[C@@H](n2cc(I)c(N)nc2=O)[C@H](O)[C@@H]1O. The predicted molar refractivity (Wildman–Crippen MR) is 112 cm³/mol. The second-order valence-corrected chi connectivity index (χ2v) is 10.7. The van der Waals surface area contributed by atoms with Crippen molar-refractivity contribution in [3.05, 3.63) is 20.3 Å². The Bertz CT molecular complexity index is 887. The van der Waals surface area contributed by atoms with Gasteiger partial charge in [0.15, 0.2) is 11.6 Å². The van der Waals surface area contributed by atoms with Crippen LogP contribution in [0, 0.1) is 3.57 Å². The topological polar surface area (TPSA) is 177 Å². The average Bonchev–Trinajstić information content (AvgIpc) is 2.92. The lowest BCUT2D eigenvalue weighted by Crippen LogP contribution is -2.39. The molecule has 6 N–H and O–H groups in total. The molecule has 7 atom stereocenters. The minimum Gasteiger partial charge on any atom is -0.388 e. The van der Waals surface area contributed by atoms with Gasteiger partial charge in [-0.15, -0.1) is 0 Å². The number of hydrogen-bond donors (Lipinski definition) is 5. The summed E-state index contributed by atoms with van der Waals surface area (Å²) < 4.78 is 39.3. The second-order valence-electron chi connectivity index (χ2n) is 7.33. The monoisotopic (exact) mass is 565 g/mol. The molecule has 0 amide bonds. The third-order valence-electron chi connectivity index (χ3n) is 5.15. The predicted octanol–water partition coefficient (Wildman–Crippen LogP) is 0.836. The Balaban J connectivity index is 2.27. The number of ether oxygens (including phenoxy) is 1. The largest absolute Gasteiger partial charge is 0.388 e. The van der Waals surface area contributed by atoms with Crippen molar-refractivity contribution in [2.75, 3.05) is 5.73 Å².